The molecule has 0 aromatic carbocycles. The monoisotopic (exact) mass is 361 g/mol. The van der Waals surface area contributed by atoms with Gasteiger partial charge in [0.2, 0.25) is 11.6 Å². The van der Waals surface area contributed by atoms with E-state index in [-0.39, 0.29) is 29.1 Å². The van der Waals surface area contributed by atoms with Gasteiger partial charge in [-0.3, -0.25) is 4.79 Å². The lowest BCUT2D eigenvalue weighted by atomic mass is 9.79. The third-order valence-electron chi connectivity index (χ3n) is 5.17. The van der Waals surface area contributed by atoms with Gasteiger partial charge in [-0.25, -0.2) is 14.4 Å². The van der Waals surface area contributed by atoms with Gasteiger partial charge in [0.25, 0.3) is 5.91 Å². The summed E-state index contributed by atoms with van der Waals surface area (Å²) in [7, 11) is 0. The second-order valence-electron chi connectivity index (χ2n) is 6.75. The molecule has 1 atom stereocenters. The van der Waals surface area contributed by atoms with Crippen LogP contribution in [0.5, 0.6) is 5.88 Å². The van der Waals surface area contributed by atoms with Crippen LogP contribution in [0.3, 0.4) is 0 Å². The molecule has 2 aromatic heterocycles. The SMILES string of the molecule is Cc1ncoc1C(=O)N1CC2(C1)OCC[C@@H]2CCOc1ncccc1F. The zero-order valence-electron chi connectivity index (χ0n) is 14.5. The van der Waals surface area contributed by atoms with E-state index in [1.165, 1.54) is 24.7 Å². The molecule has 4 heterocycles. The maximum atomic E-state index is 13.6. The van der Waals surface area contributed by atoms with Crippen LogP contribution in [0.4, 0.5) is 4.39 Å². The van der Waals surface area contributed by atoms with Crippen LogP contribution in [-0.2, 0) is 4.74 Å². The Hall–Kier alpha value is -2.48. The van der Waals surface area contributed by atoms with Crippen LogP contribution >= 0.6 is 0 Å². The largest absolute Gasteiger partial charge is 0.476 e. The average molecular weight is 361 g/mol. The first-order valence-corrected chi connectivity index (χ1v) is 8.66. The van der Waals surface area contributed by atoms with Crippen LogP contribution in [-0.4, -0.2) is 52.7 Å². The molecular formula is C18H20FN3O4. The van der Waals surface area contributed by atoms with Crippen molar-refractivity contribution in [2.24, 2.45) is 5.92 Å². The van der Waals surface area contributed by atoms with Crippen molar-refractivity contribution in [1.82, 2.24) is 14.9 Å². The van der Waals surface area contributed by atoms with Gasteiger partial charge < -0.3 is 18.8 Å². The Labute approximate surface area is 150 Å². The number of carbonyl (C=O) groups is 1. The second-order valence-corrected chi connectivity index (χ2v) is 6.75. The molecule has 1 amide bonds. The van der Waals surface area contributed by atoms with Crippen molar-refractivity contribution in [1.29, 1.82) is 0 Å². The Balaban J connectivity index is 1.32. The lowest BCUT2D eigenvalue weighted by molar-refractivity contribution is -0.119. The van der Waals surface area contributed by atoms with E-state index in [9.17, 15) is 9.18 Å². The van der Waals surface area contributed by atoms with E-state index in [1.807, 2.05) is 0 Å². The van der Waals surface area contributed by atoms with E-state index in [2.05, 4.69) is 9.97 Å². The molecule has 0 radical (unpaired) electrons. The lowest BCUT2D eigenvalue weighted by Crippen LogP contribution is -2.66. The molecule has 2 aromatic rings. The summed E-state index contributed by atoms with van der Waals surface area (Å²) in [5.74, 6) is -0.0661. The minimum absolute atomic E-state index is 0.0201. The van der Waals surface area contributed by atoms with E-state index in [1.54, 1.807) is 11.8 Å². The number of likely N-dealkylation sites (tertiary alicyclic amines) is 1. The molecule has 0 bridgehead atoms. The van der Waals surface area contributed by atoms with Gasteiger partial charge in [0.1, 0.15) is 5.60 Å². The smallest absolute Gasteiger partial charge is 0.291 e. The van der Waals surface area contributed by atoms with E-state index in [0.717, 1.165) is 12.8 Å². The third-order valence-corrected chi connectivity index (χ3v) is 5.17. The van der Waals surface area contributed by atoms with E-state index in [4.69, 9.17) is 13.9 Å². The van der Waals surface area contributed by atoms with Crippen molar-refractivity contribution >= 4 is 5.91 Å². The van der Waals surface area contributed by atoms with Crippen LogP contribution in [0.1, 0.15) is 29.1 Å². The minimum atomic E-state index is -0.465. The Morgan fingerprint density at radius 1 is 1.46 bits per heavy atom. The average Bonchev–Trinajstić information content (AvgIpc) is 3.21. The summed E-state index contributed by atoms with van der Waals surface area (Å²) in [6.45, 7) is 3.81. The van der Waals surface area contributed by atoms with Gasteiger partial charge >= 0.3 is 0 Å². The van der Waals surface area contributed by atoms with Gasteiger partial charge in [-0.15, -0.1) is 0 Å². The Morgan fingerprint density at radius 2 is 2.31 bits per heavy atom. The van der Waals surface area contributed by atoms with Crippen molar-refractivity contribution < 1.29 is 23.1 Å². The Kier molecular flexibility index (Phi) is 4.36. The molecule has 8 heteroatoms. The number of pyridine rings is 1. The zero-order valence-corrected chi connectivity index (χ0v) is 14.5. The van der Waals surface area contributed by atoms with Crippen molar-refractivity contribution in [3.05, 3.63) is 42.0 Å². The molecule has 1 spiro atoms. The first kappa shape index (κ1) is 17.0. The fourth-order valence-corrected chi connectivity index (χ4v) is 3.71. The molecule has 2 saturated heterocycles. The molecular weight excluding hydrogens is 341 g/mol. The summed E-state index contributed by atoms with van der Waals surface area (Å²) in [4.78, 5) is 22.0. The molecule has 26 heavy (non-hydrogen) atoms. The summed E-state index contributed by atoms with van der Waals surface area (Å²) < 4.78 is 30.2. The fraction of sp³-hybridized carbons (Fsp3) is 0.500. The van der Waals surface area contributed by atoms with E-state index < -0.39 is 5.82 Å². The van der Waals surface area contributed by atoms with Gasteiger partial charge in [0.15, 0.2) is 12.2 Å². The van der Waals surface area contributed by atoms with Crippen LogP contribution in [0.2, 0.25) is 0 Å². The number of rotatable bonds is 5. The third kappa shape index (κ3) is 2.94. The first-order chi connectivity index (χ1) is 12.6. The maximum absolute atomic E-state index is 13.6. The second kappa shape index (κ2) is 6.68. The summed E-state index contributed by atoms with van der Waals surface area (Å²) in [5, 5.41) is 0. The summed E-state index contributed by atoms with van der Waals surface area (Å²) in [5.41, 5.74) is 0.251. The fourth-order valence-electron chi connectivity index (χ4n) is 3.71. The highest BCUT2D eigenvalue weighted by atomic mass is 19.1. The van der Waals surface area contributed by atoms with E-state index >= 15 is 0 Å². The lowest BCUT2D eigenvalue weighted by Gasteiger charge is -2.50. The minimum Gasteiger partial charge on any atom is -0.476 e. The number of carbonyl (C=O) groups excluding carboxylic acids is 1. The number of halogens is 1. The standard InChI is InChI=1S/C18H20FN3O4/c1-12-15(25-11-21-12)17(23)22-9-18(10-22)13(5-8-26-18)4-7-24-16-14(19)3-2-6-20-16/h2-3,6,11,13H,4-5,7-10H2,1H3/t13-/m0/s1. The number of hydrogen-bond acceptors (Lipinski definition) is 6. The number of ether oxygens (including phenoxy) is 2. The first-order valence-electron chi connectivity index (χ1n) is 8.66. The highest BCUT2D eigenvalue weighted by molar-refractivity contribution is 5.93. The van der Waals surface area contributed by atoms with Crippen LogP contribution < -0.4 is 4.74 Å². The van der Waals surface area contributed by atoms with Crippen LogP contribution in [0, 0.1) is 18.7 Å². The summed E-state index contributed by atoms with van der Waals surface area (Å²) >= 11 is 0. The van der Waals surface area contributed by atoms with Gasteiger partial charge in [0.05, 0.1) is 25.4 Å². The molecule has 2 aliphatic rings. The van der Waals surface area contributed by atoms with Crippen molar-refractivity contribution in [3.63, 3.8) is 0 Å². The normalized spacial score (nSPS) is 21.0. The van der Waals surface area contributed by atoms with Crippen LogP contribution in [0.15, 0.2) is 29.1 Å². The molecule has 0 unspecified atom stereocenters. The molecule has 7 nitrogen and oxygen atoms in total. The van der Waals surface area contributed by atoms with Crippen molar-refractivity contribution in [3.8, 4) is 5.88 Å². The predicted octanol–water partition coefficient (Wildman–Crippen LogP) is 2.22. The topological polar surface area (TPSA) is 77.7 Å². The van der Waals surface area contributed by atoms with Crippen molar-refractivity contribution in [2.75, 3.05) is 26.3 Å². The van der Waals surface area contributed by atoms with Gasteiger partial charge in [-0.05, 0) is 37.8 Å². The molecule has 138 valence electrons. The van der Waals surface area contributed by atoms with Crippen LogP contribution in [0.25, 0.3) is 0 Å². The predicted molar refractivity (Wildman–Crippen MR) is 88.2 cm³/mol. The molecule has 2 aliphatic heterocycles. The molecule has 2 fully saturated rings. The molecule has 0 N–H and O–H groups in total. The highest BCUT2D eigenvalue weighted by Gasteiger charge is 2.54. The summed E-state index contributed by atoms with van der Waals surface area (Å²) in [6, 6.07) is 2.85. The number of aryl methyl sites for hydroxylation is 1. The van der Waals surface area contributed by atoms with Crippen molar-refractivity contribution in [2.45, 2.75) is 25.4 Å². The number of amides is 1. The van der Waals surface area contributed by atoms with Gasteiger partial charge in [-0.2, -0.15) is 0 Å². The molecule has 0 aliphatic carbocycles. The molecule has 4 rings (SSSR count). The molecule has 0 saturated carbocycles. The number of nitrogens with zero attached hydrogens (tertiary/aromatic N) is 3. The Bertz CT molecular complexity index is 803. The maximum Gasteiger partial charge on any atom is 0.291 e. The zero-order chi connectivity index (χ0) is 18.1. The van der Waals surface area contributed by atoms with Gasteiger partial charge in [-0.1, -0.05) is 0 Å². The quantitative estimate of drug-likeness (QED) is 0.813. The van der Waals surface area contributed by atoms with Gasteiger partial charge in [0, 0.05) is 12.8 Å². The number of aromatic nitrogens is 2. The van der Waals surface area contributed by atoms with E-state index in [0.29, 0.717) is 32.0 Å². The highest BCUT2D eigenvalue weighted by Crippen LogP contribution is 2.42. The Morgan fingerprint density at radius 3 is 3.04 bits per heavy atom. The number of hydrogen-bond donors (Lipinski definition) is 0. The number of oxazole rings is 1. The summed E-state index contributed by atoms with van der Waals surface area (Å²) in [6.07, 6.45) is 4.40.